The first-order valence-electron chi connectivity index (χ1n) is 5.85. The van der Waals surface area contributed by atoms with Gasteiger partial charge in [0.25, 0.3) is 0 Å². The number of hydrogen-bond donors (Lipinski definition) is 1. The number of nitrogens with zero attached hydrogens (tertiary/aromatic N) is 2. The van der Waals surface area contributed by atoms with Gasteiger partial charge in [0.05, 0.1) is 15.5 Å². The summed E-state index contributed by atoms with van der Waals surface area (Å²) in [6.45, 7) is 4.66. The molecule has 0 fully saturated rings. The highest BCUT2D eigenvalue weighted by molar-refractivity contribution is 8.00. The predicted molar refractivity (Wildman–Crippen MR) is 76.0 cm³/mol. The van der Waals surface area contributed by atoms with E-state index in [0.29, 0.717) is 0 Å². The zero-order chi connectivity index (χ0) is 13.0. The fourth-order valence-electron chi connectivity index (χ4n) is 1.46. The van der Waals surface area contributed by atoms with Gasteiger partial charge in [0.1, 0.15) is 11.4 Å². The standard InChI is InChI=1S/C12H15N3OS2/c1-3-5-13-11(16)8(2)18-12-10-9(4-6-17-10)14-7-15-12/h4,6-8H,3,5H2,1-2H3,(H,13,16). The molecule has 4 nitrogen and oxygen atoms in total. The number of hydrogen-bond acceptors (Lipinski definition) is 5. The molecule has 2 heterocycles. The average molecular weight is 281 g/mol. The van der Waals surface area contributed by atoms with Gasteiger partial charge in [-0.25, -0.2) is 9.97 Å². The average Bonchev–Trinajstić information content (AvgIpc) is 2.85. The summed E-state index contributed by atoms with van der Waals surface area (Å²) in [7, 11) is 0. The van der Waals surface area contributed by atoms with Crippen molar-refractivity contribution >= 4 is 39.2 Å². The van der Waals surface area contributed by atoms with Crippen molar-refractivity contribution in [3.05, 3.63) is 17.8 Å². The Bertz CT molecular complexity index is 541. The van der Waals surface area contributed by atoms with E-state index in [-0.39, 0.29) is 11.2 Å². The molecule has 0 aliphatic rings. The summed E-state index contributed by atoms with van der Waals surface area (Å²) in [5.41, 5.74) is 0.943. The van der Waals surface area contributed by atoms with Crippen LogP contribution in [-0.2, 0) is 4.79 Å². The van der Waals surface area contributed by atoms with Gasteiger partial charge in [-0.2, -0.15) is 0 Å². The Kier molecular flexibility index (Phi) is 4.54. The Hall–Kier alpha value is -1.14. The highest BCUT2D eigenvalue weighted by Gasteiger charge is 2.16. The van der Waals surface area contributed by atoms with Crippen molar-refractivity contribution in [2.75, 3.05) is 6.54 Å². The summed E-state index contributed by atoms with van der Waals surface area (Å²) < 4.78 is 1.05. The maximum Gasteiger partial charge on any atom is 0.233 e. The van der Waals surface area contributed by atoms with E-state index in [1.54, 1.807) is 17.7 Å². The Balaban J connectivity index is 2.09. The van der Waals surface area contributed by atoms with Crippen LogP contribution >= 0.6 is 23.1 Å². The molecule has 0 bridgehead atoms. The molecule has 0 aromatic carbocycles. The number of carbonyl (C=O) groups excluding carboxylic acids is 1. The molecule has 2 rings (SSSR count). The van der Waals surface area contributed by atoms with Crippen molar-refractivity contribution in [3.63, 3.8) is 0 Å². The van der Waals surface area contributed by atoms with Crippen molar-refractivity contribution in [3.8, 4) is 0 Å². The first-order chi connectivity index (χ1) is 8.72. The van der Waals surface area contributed by atoms with Crippen molar-refractivity contribution in [1.82, 2.24) is 15.3 Å². The van der Waals surface area contributed by atoms with E-state index in [2.05, 4.69) is 15.3 Å². The van der Waals surface area contributed by atoms with E-state index >= 15 is 0 Å². The molecule has 0 saturated heterocycles. The summed E-state index contributed by atoms with van der Waals surface area (Å²) in [6, 6.07) is 1.97. The van der Waals surface area contributed by atoms with Crippen molar-refractivity contribution in [2.45, 2.75) is 30.5 Å². The van der Waals surface area contributed by atoms with Crippen LogP contribution in [0.25, 0.3) is 10.2 Å². The van der Waals surface area contributed by atoms with E-state index in [1.165, 1.54) is 11.8 Å². The lowest BCUT2D eigenvalue weighted by atomic mass is 10.4. The summed E-state index contributed by atoms with van der Waals surface area (Å²) in [5.74, 6) is 0.0603. The lowest BCUT2D eigenvalue weighted by molar-refractivity contribution is -0.120. The molecule has 6 heteroatoms. The molecule has 0 aliphatic heterocycles. The largest absolute Gasteiger partial charge is 0.355 e. The first kappa shape index (κ1) is 13.3. The third kappa shape index (κ3) is 3.00. The van der Waals surface area contributed by atoms with E-state index < -0.39 is 0 Å². The number of thiophene rings is 1. The molecule has 0 saturated carbocycles. The van der Waals surface area contributed by atoms with E-state index in [0.717, 1.165) is 28.2 Å². The minimum absolute atomic E-state index is 0.0603. The fourth-order valence-corrected chi connectivity index (χ4v) is 3.32. The van der Waals surface area contributed by atoms with Crippen molar-refractivity contribution < 1.29 is 4.79 Å². The SMILES string of the molecule is CCCNC(=O)C(C)Sc1ncnc2ccsc12. The van der Waals surface area contributed by atoms with Crippen LogP contribution in [0, 0.1) is 0 Å². The lowest BCUT2D eigenvalue weighted by Crippen LogP contribution is -2.31. The highest BCUT2D eigenvalue weighted by atomic mass is 32.2. The highest BCUT2D eigenvalue weighted by Crippen LogP contribution is 2.31. The Morgan fingerprint density at radius 3 is 3.17 bits per heavy atom. The fraction of sp³-hybridized carbons (Fsp3) is 0.417. The minimum Gasteiger partial charge on any atom is -0.355 e. The number of aromatic nitrogens is 2. The zero-order valence-corrected chi connectivity index (χ0v) is 12.0. The van der Waals surface area contributed by atoms with E-state index in [4.69, 9.17) is 0 Å². The summed E-state index contributed by atoms with van der Waals surface area (Å²) in [4.78, 5) is 20.3. The Labute approximate surface area is 114 Å². The van der Waals surface area contributed by atoms with Crippen molar-refractivity contribution in [2.24, 2.45) is 0 Å². The minimum atomic E-state index is -0.142. The van der Waals surface area contributed by atoms with Crippen LogP contribution in [0.3, 0.4) is 0 Å². The van der Waals surface area contributed by atoms with Crippen molar-refractivity contribution in [1.29, 1.82) is 0 Å². The number of nitrogens with one attached hydrogen (secondary N) is 1. The molecule has 0 spiro atoms. The second-order valence-electron chi connectivity index (χ2n) is 3.86. The number of fused-ring (bicyclic) bond motifs is 1. The molecule has 2 aromatic heterocycles. The lowest BCUT2D eigenvalue weighted by Gasteiger charge is -2.10. The van der Waals surface area contributed by atoms with Crippen LogP contribution in [0.15, 0.2) is 22.8 Å². The molecule has 1 N–H and O–H groups in total. The molecule has 2 aromatic rings. The maximum absolute atomic E-state index is 11.8. The molecular weight excluding hydrogens is 266 g/mol. The van der Waals surface area contributed by atoms with Crippen LogP contribution in [0.2, 0.25) is 0 Å². The monoisotopic (exact) mass is 281 g/mol. The zero-order valence-electron chi connectivity index (χ0n) is 10.3. The van der Waals surface area contributed by atoms with Crippen LogP contribution in [0.5, 0.6) is 0 Å². The van der Waals surface area contributed by atoms with Gasteiger partial charge in [-0.1, -0.05) is 18.7 Å². The van der Waals surface area contributed by atoms with Gasteiger partial charge in [0.2, 0.25) is 5.91 Å². The normalized spacial score (nSPS) is 12.6. The molecular formula is C12H15N3OS2. The maximum atomic E-state index is 11.8. The van der Waals surface area contributed by atoms with Gasteiger partial charge in [-0.05, 0) is 24.8 Å². The molecule has 0 radical (unpaired) electrons. The first-order valence-corrected chi connectivity index (χ1v) is 7.61. The summed E-state index contributed by atoms with van der Waals surface area (Å²) in [5, 5.41) is 5.63. The third-order valence-corrected chi connectivity index (χ3v) is 4.56. The molecule has 18 heavy (non-hydrogen) atoms. The number of amides is 1. The van der Waals surface area contributed by atoms with E-state index in [1.807, 2.05) is 25.3 Å². The Morgan fingerprint density at radius 1 is 1.56 bits per heavy atom. The summed E-state index contributed by atoms with van der Waals surface area (Å²) >= 11 is 3.09. The van der Waals surface area contributed by atoms with Gasteiger partial charge in [0, 0.05) is 6.54 Å². The van der Waals surface area contributed by atoms with Crippen LogP contribution < -0.4 is 5.32 Å². The predicted octanol–water partition coefficient (Wildman–Crippen LogP) is 2.70. The second kappa shape index (κ2) is 6.15. The molecule has 1 unspecified atom stereocenters. The number of rotatable bonds is 5. The molecule has 0 aliphatic carbocycles. The van der Waals surface area contributed by atoms with E-state index in [9.17, 15) is 4.79 Å². The van der Waals surface area contributed by atoms with Gasteiger partial charge < -0.3 is 5.32 Å². The topological polar surface area (TPSA) is 54.9 Å². The smallest absolute Gasteiger partial charge is 0.233 e. The third-order valence-electron chi connectivity index (χ3n) is 2.42. The molecule has 1 atom stereocenters. The molecule has 1 amide bonds. The van der Waals surface area contributed by atoms with Gasteiger partial charge in [-0.15, -0.1) is 11.3 Å². The van der Waals surface area contributed by atoms with Gasteiger partial charge >= 0.3 is 0 Å². The summed E-state index contributed by atoms with van der Waals surface area (Å²) in [6.07, 6.45) is 2.50. The number of carbonyl (C=O) groups is 1. The number of thioether (sulfide) groups is 1. The van der Waals surface area contributed by atoms with Crippen LogP contribution in [-0.4, -0.2) is 27.7 Å². The van der Waals surface area contributed by atoms with Crippen LogP contribution in [0.4, 0.5) is 0 Å². The van der Waals surface area contributed by atoms with Crippen LogP contribution in [0.1, 0.15) is 20.3 Å². The quantitative estimate of drug-likeness (QED) is 0.676. The Morgan fingerprint density at radius 2 is 2.39 bits per heavy atom. The van der Waals surface area contributed by atoms with Gasteiger partial charge in [-0.3, -0.25) is 4.79 Å². The second-order valence-corrected chi connectivity index (χ2v) is 6.11. The van der Waals surface area contributed by atoms with Gasteiger partial charge in [0.15, 0.2) is 0 Å². The molecule has 96 valence electrons.